The van der Waals surface area contributed by atoms with Crippen LogP contribution in [0.4, 0.5) is 4.79 Å². The Kier molecular flexibility index (Phi) is 4.73. The van der Waals surface area contributed by atoms with Gasteiger partial charge in [-0.1, -0.05) is 29.8 Å². The van der Waals surface area contributed by atoms with Gasteiger partial charge in [0.2, 0.25) is 0 Å². The van der Waals surface area contributed by atoms with Crippen LogP contribution >= 0.6 is 11.6 Å². The van der Waals surface area contributed by atoms with Crippen LogP contribution in [0.25, 0.3) is 0 Å². The molecule has 6 heteroatoms. The second-order valence-corrected chi connectivity index (χ2v) is 5.89. The molecule has 0 aliphatic heterocycles. The standard InChI is InChI=1S/C15H19ClN2O3/c1-18(9-6-13(19)20)14(21)17-10-15(7-8-15)11-4-2-3-5-12(11)16/h2-5H,6-10H2,1H3,(H,17,21)(H,19,20). The topological polar surface area (TPSA) is 69.6 Å². The maximum atomic E-state index is 11.9. The Hall–Kier alpha value is -1.75. The molecule has 0 radical (unpaired) electrons. The van der Waals surface area contributed by atoms with E-state index in [4.69, 9.17) is 16.7 Å². The summed E-state index contributed by atoms with van der Waals surface area (Å²) in [5, 5.41) is 12.2. The van der Waals surface area contributed by atoms with E-state index >= 15 is 0 Å². The molecule has 0 heterocycles. The average molecular weight is 311 g/mol. The number of carbonyl (C=O) groups is 2. The van der Waals surface area contributed by atoms with Gasteiger partial charge in [0.1, 0.15) is 0 Å². The van der Waals surface area contributed by atoms with Crippen LogP contribution in [-0.4, -0.2) is 42.1 Å². The van der Waals surface area contributed by atoms with Crippen molar-refractivity contribution in [3.05, 3.63) is 34.9 Å². The van der Waals surface area contributed by atoms with Crippen LogP contribution in [-0.2, 0) is 10.2 Å². The molecule has 21 heavy (non-hydrogen) atoms. The lowest BCUT2D eigenvalue weighted by Crippen LogP contribution is -2.41. The van der Waals surface area contributed by atoms with Crippen molar-refractivity contribution in [2.45, 2.75) is 24.7 Å². The molecule has 0 aromatic heterocycles. The monoisotopic (exact) mass is 310 g/mol. The largest absolute Gasteiger partial charge is 0.481 e. The van der Waals surface area contributed by atoms with Crippen molar-refractivity contribution in [2.75, 3.05) is 20.1 Å². The molecular weight excluding hydrogens is 292 g/mol. The van der Waals surface area contributed by atoms with Crippen LogP contribution in [0.3, 0.4) is 0 Å². The number of carbonyl (C=O) groups excluding carboxylic acids is 1. The molecule has 1 fully saturated rings. The highest BCUT2D eigenvalue weighted by atomic mass is 35.5. The summed E-state index contributed by atoms with van der Waals surface area (Å²) >= 11 is 6.22. The van der Waals surface area contributed by atoms with E-state index in [0.29, 0.717) is 6.54 Å². The van der Waals surface area contributed by atoms with Crippen molar-refractivity contribution >= 4 is 23.6 Å². The van der Waals surface area contributed by atoms with Gasteiger partial charge >= 0.3 is 12.0 Å². The molecule has 0 bridgehead atoms. The average Bonchev–Trinajstić information content (AvgIpc) is 3.23. The van der Waals surface area contributed by atoms with E-state index in [1.165, 1.54) is 4.90 Å². The van der Waals surface area contributed by atoms with Crippen molar-refractivity contribution in [3.63, 3.8) is 0 Å². The first-order chi connectivity index (χ1) is 9.94. The highest BCUT2D eigenvalue weighted by Crippen LogP contribution is 2.49. The Balaban J connectivity index is 1.89. The van der Waals surface area contributed by atoms with Crippen molar-refractivity contribution < 1.29 is 14.7 Å². The lowest BCUT2D eigenvalue weighted by atomic mass is 9.96. The smallest absolute Gasteiger partial charge is 0.317 e. The zero-order valence-electron chi connectivity index (χ0n) is 11.9. The van der Waals surface area contributed by atoms with E-state index in [2.05, 4.69) is 5.32 Å². The number of hydrogen-bond donors (Lipinski definition) is 2. The van der Waals surface area contributed by atoms with Crippen LogP contribution in [0.15, 0.2) is 24.3 Å². The molecule has 0 atom stereocenters. The molecule has 2 rings (SSSR count). The first-order valence-corrected chi connectivity index (χ1v) is 7.28. The summed E-state index contributed by atoms with van der Waals surface area (Å²) in [7, 11) is 1.59. The summed E-state index contributed by atoms with van der Waals surface area (Å²) in [6.45, 7) is 0.716. The number of hydrogen-bond acceptors (Lipinski definition) is 2. The molecule has 1 aromatic rings. The van der Waals surface area contributed by atoms with E-state index in [1.807, 2.05) is 24.3 Å². The third-order valence-corrected chi connectivity index (χ3v) is 4.21. The van der Waals surface area contributed by atoms with Gasteiger partial charge in [-0.05, 0) is 24.5 Å². The minimum absolute atomic E-state index is 0.0560. The highest BCUT2D eigenvalue weighted by Gasteiger charge is 2.45. The number of rotatable bonds is 6. The highest BCUT2D eigenvalue weighted by molar-refractivity contribution is 6.31. The maximum absolute atomic E-state index is 11.9. The Morgan fingerprint density at radius 3 is 2.62 bits per heavy atom. The van der Waals surface area contributed by atoms with Gasteiger partial charge in [-0.15, -0.1) is 0 Å². The van der Waals surface area contributed by atoms with Gasteiger partial charge in [0.15, 0.2) is 0 Å². The normalized spacial score (nSPS) is 15.3. The van der Waals surface area contributed by atoms with Gasteiger partial charge in [-0.3, -0.25) is 4.79 Å². The van der Waals surface area contributed by atoms with Gasteiger partial charge in [-0.2, -0.15) is 0 Å². The van der Waals surface area contributed by atoms with E-state index < -0.39 is 5.97 Å². The minimum Gasteiger partial charge on any atom is -0.481 e. The third kappa shape index (κ3) is 3.88. The molecule has 1 aromatic carbocycles. The number of nitrogens with one attached hydrogen (secondary N) is 1. The first kappa shape index (κ1) is 15.6. The molecule has 2 N–H and O–H groups in total. The van der Waals surface area contributed by atoms with Crippen molar-refractivity contribution in [2.24, 2.45) is 0 Å². The Labute approximate surface area is 128 Å². The molecule has 2 amide bonds. The van der Waals surface area contributed by atoms with Gasteiger partial charge in [0.05, 0.1) is 6.42 Å². The van der Waals surface area contributed by atoms with Gasteiger partial charge in [0.25, 0.3) is 0 Å². The fraction of sp³-hybridized carbons (Fsp3) is 0.467. The molecule has 1 aliphatic carbocycles. The molecule has 0 saturated heterocycles. The number of urea groups is 1. The van der Waals surface area contributed by atoms with E-state index in [1.54, 1.807) is 7.05 Å². The van der Waals surface area contributed by atoms with Crippen LogP contribution in [0, 0.1) is 0 Å². The molecule has 1 saturated carbocycles. The van der Waals surface area contributed by atoms with Crippen molar-refractivity contribution in [1.29, 1.82) is 0 Å². The summed E-state index contributed by atoms with van der Waals surface area (Å²) in [4.78, 5) is 23.8. The number of halogens is 1. The quantitative estimate of drug-likeness (QED) is 0.848. The van der Waals surface area contributed by atoms with Crippen molar-refractivity contribution in [1.82, 2.24) is 10.2 Å². The molecule has 114 valence electrons. The number of aliphatic carboxylic acids is 1. The first-order valence-electron chi connectivity index (χ1n) is 6.90. The number of carboxylic acid groups (broad SMARTS) is 1. The van der Waals surface area contributed by atoms with Crippen molar-refractivity contribution in [3.8, 4) is 0 Å². The zero-order chi connectivity index (χ0) is 15.5. The fourth-order valence-corrected chi connectivity index (χ4v) is 2.66. The second-order valence-electron chi connectivity index (χ2n) is 5.48. The van der Waals surface area contributed by atoms with Gasteiger partial charge < -0.3 is 15.3 Å². The molecule has 0 spiro atoms. The van der Waals surface area contributed by atoms with E-state index in [9.17, 15) is 9.59 Å². The van der Waals surface area contributed by atoms with E-state index in [0.717, 1.165) is 23.4 Å². The summed E-state index contributed by atoms with van der Waals surface area (Å²) in [6, 6.07) is 7.44. The van der Waals surface area contributed by atoms with Crippen LogP contribution < -0.4 is 5.32 Å². The summed E-state index contributed by atoms with van der Waals surface area (Å²) in [6.07, 6.45) is 1.94. The minimum atomic E-state index is -0.913. The lowest BCUT2D eigenvalue weighted by molar-refractivity contribution is -0.137. The second kappa shape index (κ2) is 6.35. The molecule has 5 nitrogen and oxygen atoms in total. The van der Waals surface area contributed by atoms with Crippen LogP contribution in [0.5, 0.6) is 0 Å². The SMILES string of the molecule is CN(CCC(=O)O)C(=O)NCC1(c2ccccc2Cl)CC1. The predicted molar refractivity (Wildman–Crippen MR) is 80.6 cm³/mol. The molecule has 1 aliphatic rings. The van der Waals surface area contributed by atoms with Gasteiger partial charge in [-0.25, -0.2) is 4.79 Å². The fourth-order valence-electron chi connectivity index (χ4n) is 2.33. The number of benzene rings is 1. The third-order valence-electron chi connectivity index (χ3n) is 3.88. The Bertz CT molecular complexity index is 543. The Morgan fingerprint density at radius 1 is 1.38 bits per heavy atom. The molecular formula is C15H19ClN2O3. The van der Waals surface area contributed by atoms with Crippen LogP contribution in [0.1, 0.15) is 24.8 Å². The van der Waals surface area contributed by atoms with Crippen LogP contribution in [0.2, 0.25) is 5.02 Å². The number of amides is 2. The Morgan fingerprint density at radius 2 is 2.05 bits per heavy atom. The lowest BCUT2D eigenvalue weighted by Gasteiger charge is -2.21. The zero-order valence-corrected chi connectivity index (χ0v) is 12.7. The molecule has 0 unspecified atom stereocenters. The summed E-state index contributed by atoms with van der Waals surface area (Å²) in [5.41, 5.74) is 1.00. The predicted octanol–water partition coefficient (Wildman–Crippen LogP) is 2.49. The van der Waals surface area contributed by atoms with E-state index in [-0.39, 0.29) is 24.4 Å². The summed E-state index contributed by atoms with van der Waals surface area (Å²) < 4.78 is 0. The maximum Gasteiger partial charge on any atom is 0.317 e. The van der Waals surface area contributed by atoms with Gasteiger partial charge in [0, 0.05) is 30.6 Å². The number of carboxylic acids is 1. The summed E-state index contributed by atoms with van der Waals surface area (Å²) in [5.74, 6) is -0.913. The number of nitrogens with zero attached hydrogens (tertiary/aromatic N) is 1.